The standard InChI is InChI=1S/C9H16F3N/c1-8(4-3-7-13-2)5-6-9(10,11)12/h4,13H,3,5-7H2,1-2H3. The lowest BCUT2D eigenvalue weighted by Crippen LogP contribution is -2.07. The zero-order chi connectivity index (χ0) is 10.3. The molecule has 0 atom stereocenters. The largest absolute Gasteiger partial charge is 0.389 e. The summed E-state index contributed by atoms with van der Waals surface area (Å²) in [6.45, 7) is 2.55. The Hall–Kier alpha value is -0.510. The van der Waals surface area contributed by atoms with Crippen LogP contribution in [0.3, 0.4) is 0 Å². The van der Waals surface area contributed by atoms with E-state index in [0.29, 0.717) is 0 Å². The van der Waals surface area contributed by atoms with Crippen molar-refractivity contribution < 1.29 is 13.2 Å². The Bertz CT molecular complexity index is 161. The van der Waals surface area contributed by atoms with Crippen LogP contribution >= 0.6 is 0 Å². The predicted octanol–water partition coefficient (Wildman–Crippen LogP) is 2.88. The Morgan fingerprint density at radius 3 is 2.46 bits per heavy atom. The Labute approximate surface area is 77.0 Å². The minimum Gasteiger partial charge on any atom is -0.319 e. The van der Waals surface area contributed by atoms with Crippen molar-refractivity contribution in [2.45, 2.75) is 32.4 Å². The van der Waals surface area contributed by atoms with Crippen LogP contribution < -0.4 is 5.32 Å². The van der Waals surface area contributed by atoms with E-state index < -0.39 is 12.6 Å². The van der Waals surface area contributed by atoms with Crippen LogP contribution in [0.5, 0.6) is 0 Å². The molecule has 0 aliphatic carbocycles. The van der Waals surface area contributed by atoms with Crippen molar-refractivity contribution in [1.29, 1.82) is 0 Å². The molecule has 0 radical (unpaired) electrons. The maximum absolute atomic E-state index is 11.8. The highest BCUT2D eigenvalue weighted by molar-refractivity contribution is 4.98. The predicted molar refractivity (Wildman–Crippen MR) is 47.6 cm³/mol. The SMILES string of the molecule is CNCCC=C(C)CCC(F)(F)F. The Balaban J connectivity index is 3.61. The summed E-state index contributed by atoms with van der Waals surface area (Å²) in [5, 5.41) is 2.93. The van der Waals surface area contributed by atoms with Crippen LogP contribution in [0.15, 0.2) is 11.6 Å². The van der Waals surface area contributed by atoms with Crippen molar-refractivity contribution in [2.24, 2.45) is 0 Å². The molecule has 0 aromatic carbocycles. The summed E-state index contributed by atoms with van der Waals surface area (Å²) in [4.78, 5) is 0. The van der Waals surface area contributed by atoms with E-state index in [1.54, 1.807) is 6.92 Å². The summed E-state index contributed by atoms with van der Waals surface area (Å²) in [5.41, 5.74) is 0.813. The van der Waals surface area contributed by atoms with Gasteiger partial charge in [0.1, 0.15) is 0 Å². The normalized spacial score (nSPS) is 13.5. The Morgan fingerprint density at radius 1 is 1.38 bits per heavy atom. The molecule has 1 N–H and O–H groups in total. The lowest BCUT2D eigenvalue weighted by Gasteiger charge is -2.05. The zero-order valence-electron chi connectivity index (χ0n) is 8.04. The van der Waals surface area contributed by atoms with Gasteiger partial charge in [-0.3, -0.25) is 0 Å². The Morgan fingerprint density at radius 2 is 2.00 bits per heavy atom. The highest BCUT2D eigenvalue weighted by atomic mass is 19.4. The zero-order valence-corrected chi connectivity index (χ0v) is 8.04. The fourth-order valence-corrected chi connectivity index (χ4v) is 0.904. The quantitative estimate of drug-likeness (QED) is 0.525. The number of alkyl halides is 3. The van der Waals surface area contributed by atoms with E-state index in [2.05, 4.69) is 5.32 Å². The number of rotatable bonds is 5. The maximum Gasteiger partial charge on any atom is 0.389 e. The van der Waals surface area contributed by atoms with Gasteiger partial charge in [0.2, 0.25) is 0 Å². The summed E-state index contributed by atoms with van der Waals surface area (Å²) in [6, 6.07) is 0. The van der Waals surface area contributed by atoms with E-state index in [-0.39, 0.29) is 6.42 Å². The van der Waals surface area contributed by atoms with E-state index in [9.17, 15) is 13.2 Å². The monoisotopic (exact) mass is 195 g/mol. The molecule has 4 heteroatoms. The second-order valence-electron chi connectivity index (χ2n) is 3.06. The second-order valence-corrected chi connectivity index (χ2v) is 3.06. The molecule has 1 nitrogen and oxygen atoms in total. The molecule has 0 aliphatic heterocycles. The van der Waals surface area contributed by atoms with Crippen LogP contribution in [0.1, 0.15) is 26.2 Å². The summed E-state index contributed by atoms with van der Waals surface area (Å²) in [5.74, 6) is 0. The summed E-state index contributed by atoms with van der Waals surface area (Å²) >= 11 is 0. The Kier molecular flexibility index (Phi) is 5.79. The smallest absolute Gasteiger partial charge is 0.319 e. The minimum atomic E-state index is -4.03. The van der Waals surface area contributed by atoms with Gasteiger partial charge in [-0.05, 0) is 33.4 Å². The van der Waals surface area contributed by atoms with Crippen molar-refractivity contribution in [3.8, 4) is 0 Å². The molecule has 13 heavy (non-hydrogen) atoms. The molecule has 0 saturated carbocycles. The van der Waals surface area contributed by atoms with Gasteiger partial charge in [0, 0.05) is 6.42 Å². The molecule has 0 saturated heterocycles. The van der Waals surface area contributed by atoms with Gasteiger partial charge in [-0.1, -0.05) is 11.6 Å². The second kappa shape index (κ2) is 6.02. The third kappa shape index (κ3) is 9.40. The van der Waals surface area contributed by atoms with Crippen LogP contribution in [0.4, 0.5) is 13.2 Å². The molecule has 0 bridgehead atoms. The van der Waals surface area contributed by atoms with E-state index >= 15 is 0 Å². The van der Waals surface area contributed by atoms with Crippen LogP contribution in [0.2, 0.25) is 0 Å². The van der Waals surface area contributed by atoms with Gasteiger partial charge in [0.05, 0.1) is 0 Å². The molecule has 0 fully saturated rings. The molecule has 0 spiro atoms. The van der Waals surface area contributed by atoms with Gasteiger partial charge in [-0.15, -0.1) is 0 Å². The van der Waals surface area contributed by atoms with Gasteiger partial charge in [-0.2, -0.15) is 13.2 Å². The molecule has 0 aromatic rings. The van der Waals surface area contributed by atoms with Gasteiger partial charge < -0.3 is 5.32 Å². The first-order chi connectivity index (χ1) is 5.95. The summed E-state index contributed by atoms with van der Waals surface area (Å²) < 4.78 is 35.3. The van der Waals surface area contributed by atoms with E-state index in [1.807, 2.05) is 13.1 Å². The average molecular weight is 195 g/mol. The lowest BCUT2D eigenvalue weighted by molar-refractivity contribution is -0.133. The van der Waals surface area contributed by atoms with Crippen LogP contribution in [-0.4, -0.2) is 19.8 Å². The van der Waals surface area contributed by atoms with Crippen molar-refractivity contribution in [1.82, 2.24) is 5.32 Å². The van der Waals surface area contributed by atoms with E-state index in [0.717, 1.165) is 18.5 Å². The van der Waals surface area contributed by atoms with E-state index in [4.69, 9.17) is 0 Å². The molecule has 0 aromatic heterocycles. The molecule has 0 amide bonds. The third-order valence-corrected chi connectivity index (χ3v) is 1.69. The summed E-state index contributed by atoms with van der Waals surface area (Å²) in [6.07, 6.45) is -1.98. The fourth-order valence-electron chi connectivity index (χ4n) is 0.904. The lowest BCUT2D eigenvalue weighted by atomic mass is 10.1. The molecule has 0 heterocycles. The van der Waals surface area contributed by atoms with Gasteiger partial charge in [0.25, 0.3) is 0 Å². The van der Waals surface area contributed by atoms with E-state index in [1.165, 1.54) is 0 Å². The highest BCUT2D eigenvalue weighted by Gasteiger charge is 2.26. The topological polar surface area (TPSA) is 12.0 Å². The number of allylic oxidation sites excluding steroid dienone is 1. The van der Waals surface area contributed by atoms with Crippen LogP contribution in [-0.2, 0) is 0 Å². The van der Waals surface area contributed by atoms with Crippen LogP contribution in [0, 0.1) is 0 Å². The number of hydrogen-bond donors (Lipinski definition) is 1. The first-order valence-corrected chi connectivity index (χ1v) is 4.32. The number of hydrogen-bond acceptors (Lipinski definition) is 1. The van der Waals surface area contributed by atoms with Crippen molar-refractivity contribution in [3.63, 3.8) is 0 Å². The number of nitrogens with one attached hydrogen (secondary N) is 1. The molecule has 0 unspecified atom stereocenters. The fraction of sp³-hybridized carbons (Fsp3) is 0.778. The molecule has 0 rings (SSSR count). The first-order valence-electron chi connectivity index (χ1n) is 4.32. The van der Waals surface area contributed by atoms with Gasteiger partial charge in [0.15, 0.2) is 0 Å². The van der Waals surface area contributed by atoms with Crippen molar-refractivity contribution >= 4 is 0 Å². The minimum absolute atomic E-state index is 0.118. The van der Waals surface area contributed by atoms with Gasteiger partial charge in [-0.25, -0.2) is 0 Å². The molecule has 0 aliphatic rings. The maximum atomic E-state index is 11.8. The third-order valence-electron chi connectivity index (χ3n) is 1.69. The van der Waals surface area contributed by atoms with Crippen molar-refractivity contribution in [2.75, 3.05) is 13.6 Å². The van der Waals surface area contributed by atoms with Crippen molar-refractivity contribution in [3.05, 3.63) is 11.6 Å². The molecular weight excluding hydrogens is 179 g/mol. The first kappa shape index (κ1) is 12.5. The highest BCUT2D eigenvalue weighted by Crippen LogP contribution is 2.23. The summed E-state index contributed by atoms with van der Waals surface area (Å²) in [7, 11) is 1.82. The average Bonchev–Trinajstić information content (AvgIpc) is 2.00. The molecule has 78 valence electrons. The van der Waals surface area contributed by atoms with Crippen LogP contribution in [0.25, 0.3) is 0 Å². The van der Waals surface area contributed by atoms with Gasteiger partial charge >= 0.3 is 6.18 Å². The number of halogens is 3. The molecular formula is C9H16F3N.